The van der Waals surface area contributed by atoms with Gasteiger partial charge in [0.1, 0.15) is 5.82 Å². The first-order valence-corrected chi connectivity index (χ1v) is 7.60. The van der Waals surface area contributed by atoms with Crippen molar-refractivity contribution in [2.75, 3.05) is 13.2 Å². The summed E-state index contributed by atoms with van der Waals surface area (Å²) < 4.78 is 19.7. The highest BCUT2D eigenvalue weighted by Gasteiger charge is 2.41. The van der Waals surface area contributed by atoms with Gasteiger partial charge in [-0.15, -0.1) is 0 Å². The van der Waals surface area contributed by atoms with Crippen molar-refractivity contribution in [1.82, 2.24) is 5.32 Å². The molecule has 2 rings (SSSR count). The zero-order valence-corrected chi connectivity index (χ0v) is 13.1. The van der Waals surface area contributed by atoms with Crippen molar-refractivity contribution in [3.05, 3.63) is 34.6 Å². The normalized spacial score (nSPS) is 26.4. The SMILES string of the molecule is CC(C)NCC1(Cc2cc(Cl)ccc2F)CCOC1C. The Morgan fingerprint density at radius 2 is 2.25 bits per heavy atom. The molecule has 1 fully saturated rings. The van der Waals surface area contributed by atoms with E-state index >= 15 is 0 Å². The van der Waals surface area contributed by atoms with Gasteiger partial charge in [0.15, 0.2) is 0 Å². The second-order valence-electron chi connectivity index (χ2n) is 6.07. The van der Waals surface area contributed by atoms with E-state index in [0.29, 0.717) is 23.0 Å². The summed E-state index contributed by atoms with van der Waals surface area (Å²) in [5.74, 6) is -0.183. The summed E-state index contributed by atoms with van der Waals surface area (Å²) in [4.78, 5) is 0. The van der Waals surface area contributed by atoms with E-state index < -0.39 is 0 Å². The molecular formula is C16H23ClFNO. The highest BCUT2D eigenvalue weighted by molar-refractivity contribution is 6.30. The lowest BCUT2D eigenvalue weighted by Crippen LogP contribution is -2.43. The Morgan fingerprint density at radius 3 is 2.85 bits per heavy atom. The third-order valence-electron chi connectivity index (χ3n) is 4.24. The van der Waals surface area contributed by atoms with Crippen molar-refractivity contribution in [3.63, 3.8) is 0 Å². The average molecular weight is 300 g/mol. The van der Waals surface area contributed by atoms with Crippen molar-refractivity contribution < 1.29 is 9.13 Å². The van der Waals surface area contributed by atoms with Crippen LogP contribution in [0.2, 0.25) is 5.02 Å². The number of hydrogen-bond acceptors (Lipinski definition) is 2. The van der Waals surface area contributed by atoms with E-state index in [1.165, 1.54) is 6.07 Å². The van der Waals surface area contributed by atoms with Gasteiger partial charge in [0.2, 0.25) is 0 Å². The summed E-state index contributed by atoms with van der Waals surface area (Å²) in [5.41, 5.74) is 0.621. The van der Waals surface area contributed by atoms with Gasteiger partial charge in [0, 0.05) is 29.6 Å². The smallest absolute Gasteiger partial charge is 0.126 e. The molecule has 0 bridgehead atoms. The third-order valence-corrected chi connectivity index (χ3v) is 4.48. The summed E-state index contributed by atoms with van der Waals surface area (Å²) in [5, 5.41) is 4.06. The Labute approximate surface area is 125 Å². The minimum atomic E-state index is -0.183. The highest BCUT2D eigenvalue weighted by Crippen LogP contribution is 2.38. The van der Waals surface area contributed by atoms with E-state index in [4.69, 9.17) is 16.3 Å². The predicted octanol–water partition coefficient (Wildman–Crippen LogP) is 3.81. The molecule has 20 heavy (non-hydrogen) atoms. The van der Waals surface area contributed by atoms with Crippen LogP contribution >= 0.6 is 11.6 Å². The van der Waals surface area contributed by atoms with Gasteiger partial charge in [-0.05, 0) is 43.5 Å². The molecule has 0 aliphatic carbocycles. The number of nitrogens with one attached hydrogen (secondary N) is 1. The fourth-order valence-electron chi connectivity index (χ4n) is 2.81. The average Bonchev–Trinajstić information content (AvgIpc) is 2.73. The molecule has 4 heteroatoms. The second kappa shape index (κ2) is 6.42. The molecule has 1 heterocycles. The monoisotopic (exact) mass is 299 g/mol. The van der Waals surface area contributed by atoms with Crippen LogP contribution in [0.4, 0.5) is 4.39 Å². The molecule has 0 amide bonds. The van der Waals surface area contributed by atoms with Crippen molar-refractivity contribution in [2.45, 2.75) is 45.8 Å². The van der Waals surface area contributed by atoms with E-state index in [-0.39, 0.29) is 17.3 Å². The first-order valence-electron chi connectivity index (χ1n) is 7.22. The topological polar surface area (TPSA) is 21.3 Å². The molecule has 1 aromatic carbocycles. The van der Waals surface area contributed by atoms with Crippen LogP contribution in [-0.2, 0) is 11.2 Å². The first-order chi connectivity index (χ1) is 9.43. The summed E-state index contributed by atoms with van der Waals surface area (Å²) in [6.45, 7) is 7.89. The summed E-state index contributed by atoms with van der Waals surface area (Å²) in [7, 11) is 0. The van der Waals surface area contributed by atoms with E-state index in [0.717, 1.165) is 19.6 Å². The van der Waals surface area contributed by atoms with Gasteiger partial charge in [-0.25, -0.2) is 4.39 Å². The van der Waals surface area contributed by atoms with Crippen LogP contribution in [0, 0.1) is 11.2 Å². The first kappa shape index (κ1) is 15.7. The van der Waals surface area contributed by atoms with Crippen LogP contribution in [-0.4, -0.2) is 25.3 Å². The van der Waals surface area contributed by atoms with Crippen LogP contribution in [0.3, 0.4) is 0 Å². The molecule has 112 valence electrons. The Kier molecular flexibility index (Phi) is 5.05. The van der Waals surface area contributed by atoms with Crippen LogP contribution in [0.15, 0.2) is 18.2 Å². The minimum Gasteiger partial charge on any atom is -0.378 e. The van der Waals surface area contributed by atoms with Crippen molar-refractivity contribution in [1.29, 1.82) is 0 Å². The zero-order chi connectivity index (χ0) is 14.8. The van der Waals surface area contributed by atoms with Gasteiger partial charge >= 0.3 is 0 Å². The Bertz CT molecular complexity index is 466. The fraction of sp³-hybridized carbons (Fsp3) is 0.625. The molecule has 0 saturated carbocycles. The van der Waals surface area contributed by atoms with Gasteiger partial charge in [-0.1, -0.05) is 25.4 Å². The van der Waals surface area contributed by atoms with Gasteiger partial charge in [-0.3, -0.25) is 0 Å². The van der Waals surface area contributed by atoms with Gasteiger partial charge in [0.25, 0.3) is 0 Å². The van der Waals surface area contributed by atoms with Crippen LogP contribution < -0.4 is 5.32 Å². The highest BCUT2D eigenvalue weighted by atomic mass is 35.5. The molecular weight excluding hydrogens is 277 g/mol. The molecule has 2 nitrogen and oxygen atoms in total. The largest absolute Gasteiger partial charge is 0.378 e. The Hall–Kier alpha value is -0.640. The van der Waals surface area contributed by atoms with Crippen LogP contribution in [0.1, 0.15) is 32.8 Å². The molecule has 0 radical (unpaired) electrons. The fourth-order valence-corrected chi connectivity index (χ4v) is 3.01. The van der Waals surface area contributed by atoms with E-state index in [2.05, 4.69) is 26.1 Å². The summed E-state index contributed by atoms with van der Waals surface area (Å²) >= 11 is 6.00. The van der Waals surface area contributed by atoms with E-state index in [1.54, 1.807) is 12.1 Å². The Morgan fingerprint density at radius 1 is 1.50 bits per heavy atom. The molecule has 2 unspecified atom stereocenters. The summed E-state index contributed by atoms with van der Waals surface area (Å²) in [6.07, 6.45) is 1.72. The second-order valence-corrected chi connectivity index (χ2v) is 6.51. The van der Waals surface area contributed by atoms with Crippen molar-refractivity contribution >= 4 is 11.6 Å². The van der Waals surface area contributed by atoms with Gasteiger partial charge in [-0.2, -0.15) is 0 Å². The molecule has 1 N–H and O–H groups in total. The number of benzene rings is 1. The molecule has 1 aliphatic rings. The maximum atomic E-state index is 14.0. The number of halogens is 2. The number of rotatable bonds is 5. The molecule has 1 saturated heterocycles. The van der Waals surface area contributed by atoms with Gasteiger partial charge in [0.05, 0.1) is 6.10 Å². The number of hydrogen-bond donors (Lipinski definition) is 1. The molecule has 2 atom stereocenters. The lowest BCUT2D eigenvalue weighted by molar-refractivity contribution is 0.0617. The van der Waals surface area contributed by atoms with Crippen molar-refractivity contribution in [3.8, 4) is 0 Å². The molecule has 0 aromatic heterocycles. The zero-order valence-electron chi connectivity index (χ0n) is 12.4. The van der Waals surface area contributed by atoms with E-state index in [9.17, 15) is 4.39 Å². The Balaban J connectivity index is 2.21. The maximum Gasteiger partial charge on any atom is 0.126 e. The predicted molar refractivity (Wildman–Crippen MR) is 80.7 cm³/mol. The quantitative estimate of drug-likeness (QED) is 0.892. The van der Waals surface area contributed by atoms with Crippen LogP contribution in [0.5, 0.6) is 0 Å². The third kappa shape index (κ3) is 3.51. The summed E-state index contributed by atoms with van der Waals surface area (Å²) in [6, 6.07) is 5.18. The molecule has 1 aromatic rings. The van der Waals surface area contributed by atoms with Gasteiger partial charge < -0.3 is 10.1 Å². The lowest BCUT2D eigenvalue weighted by atomic mass is 9.76. The van der Waals surface area contributed by atoms with Crippen molar-refractivity contribution in [2.24, 2.45) is 5.41 Å². The molecule has 0 spiro atoms. The van der Waals surface area contributed by atoms with Crippen LogP contribution in [0.25, 0.3) is 0 Å². The number of ether oxygens (including phenoxy) is 1. The minimum absolute atomic E-state index is 0.0597. The molecule has 1 aliphatic heterocycles. The van der Waals surface area contributed by atoms with E-state index in [1.807, 2.05) is 0 Å². The maximum absolute atomic E-state index is 14.0. The standard InChI is InChI=1S/C16H23ClFNO/c1-11(2)19-10-16(6-7-20-12(16)3)9-13-8-14(17)4-5-15(13)18/h4-5,8,11-12,19H,6-7,9-10H2,1-3H3. The lowest BCUT2D eigenvalue weighted by Gasteiger charge is -2.33.